The Bertz CT molecular complexity index is 1060. The number of nitrogens with one attached hydrogen (secondary N) is 1. The van der Waals surface area contributed by atoms with Crippen molar-refractivity contribution in [2.75, 3.05) is 26.0 Å². The maximum absolute atomic E-state index is 12.6. The number of hydrogen-bond donors (Lipinski definition) is 1. The molecule has 0 aliphatic rings. The summed E-state index contributed by atoms with van der Waals surface area (Å²) in [5, 5.41) is 8.59. The van der Waals surface area contributed by atoms with Crippen molar-refractivity contribution >= 4 is 11.6 Å². The summed E-state index contributed by atoms with van der Waals surface area (Å²) in [5.74, 6) is 1.39. The van der Waals surface area contributed by atoms with Crippen LogP contribution in [0.2, 0.25) is 0 Å². The molecule has 0 spiro atoms. The number of aryl methyl sites for hydroxylation is 1. The molecule has 3 aromatic rings. The molecular weight excluding hydrogens is 424 g/mol. The molecule has 1 N–H and O–H groups in total. The van der Waals surface area contributed by atoms with Gasteiger partial charge in [0.25, 0.3) is 5.91 Å². The number of rotatable bonds is 11. The Morgan fingerprint density at radius 2 is 1.76 bits per heavy atom. The van der Waals surface area contributed by atoms with Crippen LogP contribution in [0.4, 0.5) is 5.69 Å². The van der Waals surface area contributed by atoms with Gasteiger partial charge in [0.2, 0.25) is 0 Å². The molecule has 2 aromatic carbocycles. The molecule has 34 heavy (non-hydrogen) atoms. The minimum atomic E-state index is 0.0566. The zero-order valence-electron chi connectivity index (χ0n) is 21.3. The normalized spacial score (nSPS) is 12.0. The lowest BCUT2D eigenvalue weighted by Gasteiger charge is -2.22. The molecule has 0 saturated carbocycles. The van der Waals surface area contributed by atoms with E-state index in [4.69, 9.17) is 9.84 Å². The van der Waals surface area contributed by atoms with Crippen LogP contribution >= 0.6 is 0 Å². The summed E-state index contributed by atoms with van der Waals surface area (Å²) in [4.78, 5) is 14.4. The van der Waals surface area contributed by atoms with E-state index in [9.17, 15) is 4.79 Å². The predicted octanol–water partition coefficient (Wildman–Crippen LogP) is 6.12. The number of benzene rings is 2. The van der Waals surface area contributed by atoms with Crippen molar-refractivity contribution in [3.05, 3.63) is 71.5 Å². The lowest BCUT2D eigenvalue weighted by atomic mass is 9.96. The van der Waals surface area contributed by atoms with Crippen molar-refractivity contribution in [3.63, 3.8) is 0 Å². The molecule has 0 saturated heterocycles. The second kappa shape index (κ2) is 11.7. The van der Waals surface area contributed by atoms with E-state index in [1.807, 2.05) is 60.3 Å². The zero-order chi connectivity index (χ0) is 24.7. The van der Waals surface area contributed by atoms with Gasteiger partial charge < -0.3 is 15.0 Å². The van der Waals surface area contributed by atoms with Gasteiger partial charge in [-0.3, -0.25) is 4.79 Å². The summed E-state index contributed by atoms with van der Waals surface area (Å²) in [7, 11) is 3.52. The summed E-state index contributed by atoms with van der Waals surface area (Å²) in [6.45, 7) is 9.45. The Balaban J connectivity index is 1.85. The highest BCUT2D eigenvalue weighted by molar-refractivity contribution is 5.94. The van der Waals surface area contributed by atoms with E-state index >= 15 is 0 Å². The fraction of sp³-hybridized carbons (Fsp3) is 0.429. The topological polar surface area (TPSA) is 59.4 Å². The molecule has 1 amide bonds. The first-order chi connectivity index (χ1) is 16.4. The quantitative estimate of drug-likeness (QED) is 0.373. The van der Waals surface area contributed by atoms with E-state index in [1.54, 1.807) is 12.0 Å². The summed E-state index contributed by atoms with van der Waals surface area (Å²) < 4.78 is 7.24. The van der Waals surface area contributed by atoms with Crippen LogP contribution in [0.3, 0.4) is 0 Å². The molecule has 1 atom stereocenters. The predicted molar refractivity (Wildman–Crippen MR) is 139 cm³/mol. The fourth-order valence-electron chi connectivity index (χ4n) is 4.16. The van der Waals surface area contributed by atoms with Crippen molar-refractivity contribution in [2.24, 2.45) is 5.92 Å². The fourth-order valence-corrected chi connectivity index (χ4v) is 4.16. The van der Waals surface area contributed by atoms with Crippen molar-refractivity contribution in [1.82, 2.24) is 14.7 Å². The molecule has 0 fully saturated rings. The minimum Gasteiger partial charge on any atom is -0.497 e. The Morgan fingerprint density at radius 1 is 1.09 bits per heavy atom. The number of nitrogens with zero attached hydrogens (tertiary/aromatic N) is 3. The maximum atomic E-state index is 12.6. The lowest BCUT2D eigenvalue weighted by Crippen LogP contribution is -2.27. The third kappa shape index (κ3) is 6.19. The van der Waals surface area contributed by atoms with Gasteiger partial charge in [0, 0.05) is 36.6 Å². The van der Waals surface area contributed by atoms with Gasteiger partial charge in [-0.2, -0.15) is 5.10 Å². The molecule has 1 aromatic heterocycles. The highest BCUT2D eigenvalue weighted by Gasteiger charge is 2.21. The zero-order valence-corrected chi connectivity index (χ0v) is 21.3. The molecule has 3 rings (SSSR count). The Morgan fingerprint density at radius 3 is 2.32 bits per heavy atom. The molecule has 0 radical (unpaired) electrons. The Labute approximate surface area is 203 Å². The maximum Gasteiger partial charge on any atom is 0.253 e. The number of aromatic nitrogens is 2. The van der Waals surface area contributed by atoms with Crippen LogP contribution in [-0.2, 0) is 6.42 Å². The van der Waals surface area contributed by atoms with Gasteiger partial charge in [0.1, 0.15) is 5.75 Å². The van der Waals surface area contributed by atoms with Gasteiger partial charge in [0.05, 0.1) is 24.5 Å². The number of carbonyl (C=O) groups is 1. The monoisotopic (exact) mass is 462 g/mol. The van der Waals surface area contributed by atoms with E-state index in [0.29, 0.717) is 11.5 Å². The molecule has 1 heterocycles. The van der Waals surface area contributed by atoms with Gasteiger partial charge in [-0.05, 0) is 73.7 Å². The number of carbonyl (C=O) groups excluding carboxylic acids is 1. The molecule has 6 nitrogen and oxygen atoms in total. The first-order valence-electron chi connectivity index (χ1n) is 12.2. The van der Waals surface area contributed by atoms with Gasteiger partial charge in [-0.25, -0.2) is 4.68 Å². The average Bonchev–Trinajstić information content (AvgIpc) is 3.28. The Kier molecular flexibility index (Phi) is 8.74. The number of ether oxygens (including phenoxy) is 1. The Hall–Kier alpha value is -3.28. The van der Waals surface area contributed by atoms with Gasteiger partial charge in [-0.15, -0.1) is 0 Å². The van der Waals surface area contributed by atoms with E-state index in [1.165, 1.54) is 5.56 Å². The molecular formula is C28H38N4O2. The van der Waals surface area contributed by atoms with E-state index < -0.39 is 0 Å². The first-order valence-corrected chi connectivity index (χ1v) is 12.2. The van der Waals surface area contributed by atoms with Crippen molar-refractivity contribution in [3.8, 4) is 11.4 Å². The standard InChI is InChI=1S/C28H38N4O2/c1-7-17-31(5)28(33)21-9-11-22(12-10-21)29-27(18-20(3)4)25-19-32(30-26(25)8-2)23-13-15-24(34-6)16-14-23/h9-16,19-20,27,29H,7-8,17-18H2,1-6H3. The highest BCUT2D eigenvalue weighted by Crippen LogP contribution is 2.30. The van der Waals surface area contributed by atoms with Crippen LogP contribution in [0.5, 0.6) is 5.75 Å². The van der Waals surface area contributed by atoms with Crippen LogP contribution in [0.25, 0.3) is 5.69 Å². The number of hydrogen-bond acceptors (Lipinski definition) is 4. The summed E-state index contributed by atoms with van der Waals surface area (Å²) in [6.07, 6.45) is 4.91. The van der Waals surface area contributed by atoms with Crippen LogP contribution in [-0.4, -0.2) is 41.3 Å². The molecule has 6 heteroatoms. The van der Waals surface area contributed by atoms with Crippen LogP contribution in [0.1, 0.15) is 68.2 Å². The SMILES string of the molecule is CCCN(C)C(=O)c1ccc(NC(CC(C)C)c2cn(-c3ccc(OC)cc3)nc2CC)cc1. The van der Waals surface area contributed by atoms with Gasteiger partial charge in [0.15, 0.2) is 0 Å². The summed E-state index contributed by atoms with van der Waals surface area (Å²) in [5.41, 5.74) is 5.00. The highest BCUT2D eigenvalue weighted by atomic mass is 16.5. The number of methoxy groups -OCH3 is 1. The first kappa shape index (κ1) is 25.3. The van der Waals surface area contributed by atoms with E-state index in [2.05, 4.69) is 39.2 Å². The van der Waals surface area contributed by atoms with E-state index in [-0.39, 0.29) is 11.9 Å². The average molecular weight is 463 g/mol. The number of amides is 1. The van der Waals surface area contributed by atoms with Crippen molar-refractivity contribution in [1.29, 1.82) is 0 Å². The third-order valence-corrected chi connectivity index (χ3v) is 5.96. The molecule has 0 aliphatic heterocycles. The lowest BCUT2D eigenvalue weighted by molar-refractivity contribution is 0.0795. The molecule has 0 bridgehead atoms. The van der Waals surface area contributed by atoms with Crippen LogP contribution < -0.4 is 10.1 Å². The number of anilines is 1. The molecule has 182 valence electrons. The van der Waals surface area contributed by atoms with Crippen LogP contribution in [0, 0.1) is 5.92 Å². The van der Waals surface area contributed by atoms with Crippen molar-refractivity contribution in [2.45, 2.75) is 53.0 Å². The van der Waals surface area contributed by atoms with Gasteiger partial charge >= 0.3 is 0 Å². The summed E-state index contributed by atoms with van der Waals surface area (Å²) >= 11 is 0. The molecule has 1 unspecified atom stereocenters. The second-order valence-electron chi connectivity index (χ2n) is 9.16. The van der Waals surface area contributed by atoms with Crippen LogP contribution in [0.15, 0.2) is 54.7 Å². The third-order valence-electron chi connectivity index (χ3n) is 5.96. The van der Waals surface area contributed by atoms with E-state index in [0.717, 1.165) is 48.6 Å². The largest absolute Gasteiger partial charge is 0.497 e. The van der Waals surface area contributed by atoms with Gasteiger partial charge in [-0.1, -0.05) is 27.7 Å². The van der Waals surface area contributed by atoms with Crippen molar-refractivity contribution < 1.29 is 9.53 Å². The second-order valence-corrected chi connectivity index (χ2v) is 9.16. The molecule has 0 aliphatic carbocycles. The smallest absolute Gasteiger partial charge is 0.253 e. The summed E-state index contributed by atoms with van der Waals surface area (Å²) in [6, 6.07) is 15.9. The minimum absolute atomic E-state index is 0.0566.